The second kappa shape index (κ2) is 6.93. The van der Waals surface area contributed by atoms with E-state index >= 15 is 0 Å². The molecule has 2 rings (SSSR count). The van der Waals surface area contributed by atoms with E-state index in [1.165, 1.54) is 11.1 Å². The van der Waals surface area contributed by atoms with Gasteiger partial charge in [-0.2, -0.15) is 0 Å². The summed E-state index contributed by atoms with van der Waals surface area (Å²) in [6.45, 7) is 8.70. The molecule has 1 amide bonds. The molecule has 1 aliphatic rings. The minimum atomic E-state index is 0.140. The summed E-state index contributed by atoms with van der Waals surface area (Å²) in [4.78, 5) is 12.4. The van der Waals surface area contributed by atoms with Gasteiger partial charge < -0.3 is 5.32 Å². The van der Waals surface area contributed by atoms with Crippen molar-refractivity contribution in [3.63, 3.8) is 0 Å². The zero-order valence-corrected chi connectivity index (χ0v) is 13.6. The molecule has 0 aromatic heterocycles. The van der Waals surface area contributed by atoms with Crippen molar-refractivity contribution in [3.05, 3.63) is 41.5 Å². The number of carbonyl (C=O) groups excluding carboxylic acids is 1. The van der Waals surface area contributed by atoms with Gasteiger partial charge in [-0.25, -0.2) is 0 Å². The number of benzene rings is 1. The van der Waals surface area contributed by atoms with Crippen LogP contribution in [0.3, 0.4) is 0 Å². The first-order valence-electron chi connectivity index (χ1n) is 8.08. The molecule has 1 aromatic rings. The predicted molar refractivity (Wildman–Crippen MR) is 89.7 cm³/mol. The molecule has 0 saturated carbocycles. The van der Waals surface area contributed by atoms with Crippen molar-refractivity contribution >= 4 is 11.6 Å². The quantitative estimate of drug-likeness (QED) is 0.737. The number of carbonyl (C=O) groups is 1. The van der Waals surface area contributed by atoms with Crippen LogP contribution in [0.4, 0.5) is 5.69 Å². The Labute approximate surface area is 128 Å². The van der Waals surface area contributed by atoms with Gasteiger partial charge in [0.05, 0.1) is 0 Å². The fraction of sp³-hybridized carbons (Fsp3) is 0.526. The van der Waals surface area contributed by atoms with Crippen LogP contribution in [0.5, 0.6) is 0 Å². The number of para-hydroxylation sites is 1. The number of hydrogen-bond acceptors (Lipinski definition) is 1. The molecule has 0 unspecified atom stereocenters. The first kappa shape index (κ1) is 15.8. The Balaban J connectivity index is 2.20. The van der Waals surface area contributed by atoms with Crippen LogP contribution < -0.4 is 5.32 Å². The number of amides is 1. The second-order valence-electron chi connectivity index (χ2n) is 6.64. The summed E-state index contributed by atoms with van der Waals surface area (Å²) in [5.41, 5.74) is 3.50. The molecule has 0 fully saturated rings. The van der Waals surface area contributed by atoms with Crippen LogP contribution >= 0.6 is 0 Å². The molecule has 114 valence electrons. The SMILES string of the molecule is CC(C)c1cccc(C(C)C)c1NC(=O)C[C@H]1C=CCC1. The van der Waals surface area contributed by atoms with Gasteiger partial charge in [0.25, 0.3) is 0 Å². The smallest absolute Gasteiger partial charge is 0.224 e. The summed E-state index contributed by atoms with van der Waals surface area (Å²) in [6, 6.07) is 6.35. The van der Waals surface area contributed by atoms with E-state index in [0.29, 0.717) is 24.2 Å². The summed E-state index contributed by atoms with van der Waals surface area (Å²) < 4.78 is 0. The van der Waals surface area contributed by atoms with Crippen LogP contribution in [-0.4, -0.2) is 5.91 Å². The van der Waals surface area contributed by atoms with Gasteiger partial charge in [-0.15, -0.1) is 0 Å². The molecule has 0 bridgehead atoms. The van der Waals surface area contributed by atoms with Crippen molar-refractivity contribution in [2.75, 3.05) is 5.32 Å². The Bertz CT molecular complexity index is 502. The van der Waals surface area contributed by atoms with Gasteiger partial charge in [0.2, 0.25) is 5.91 Å². The summed E-state index contributed by atoms with van der Waals surface area (Å²) in [7, 11) is 0. The molecule has 0 spiro atoms. The van der Waals surface area contributed by atoms with Crippen LogP contribution in [0.25, 0.3) is 0 Å². The minimum absolute atomic E-state index is 0.140. The average molecular weight is 285 g/mol. The molecule has 1 atom stereocenters. The fourth-order valence-corrected chi connectivity index (χ4v) is 2.99. The van der Waals surface area contributed by atoms with E-state index in [2.05, 4.69) is 63.4 Å². The van der Waals surface area contributed by atoms with Crippen LogP contribution in [0.2, 0.25) is 0 Å². The normalized spacial score (nSPS) is 17.7. The lowest BCUT2D eigenvalue weighted by molar-refractivity contribution is -0.116. The van der Waals surface area contributed by atoms with Gasteiger partial charge in [0, 0.05) is 12.1 Å². The summed E-state index contributed by atoms with van der Waals surface area (Å²) in [5, 5.41) is 3.20. The Morgan fingerprint density at radius 2 is 1.81 bits per heavy atom. The van der Waals surface area contributed by atoms with Crippen LogP contribution in [0.1, 0.15) is 69.9 Å². The van der Waals surface area contributed by atoms with Crippen molar-refractivity contribution in [2.45, 2.75) is 58.8 Å². The number of anilines is 1. The van der Waals surface area contributed by atoms with Crippen molar-refractivity contribution in [1.29, 1.82) is 0 Å². The molecule has 0 radical (unpaired) electrons. The van der Waals surface area contributed by atoms with Gasteiger partial charge in [-0.3, -0.25) is 4.79 Å². The summed E-state index contributed by atoms with van der Waals surface area (Å²) >= 11 is 0. The van der Waals surface area contributed by atoms with E-state index in [0.717, 1.165) is 18.5 Å². The molecule has 0 aliphatic heterocycles. The Morgan fingerprint density at radius 3 is 2.29 bits per heavy atom. The summed E-state index contributed by atoms with van der Waals surface area (Å²) in [5.74, 6) is 1.37. The second-order valence-corrected chi connectivity index (χ2v) is 6.64. The van der Waals surface area contributed by atoms with Crippen LogP contribution in [-0.2, 0) is 4.79 Å². The highest BCUT2D eigenvalue weighted by atomic mass is 16.1. The molecule has 1 N–H and O–H groups in total. The van der Waals surface area contributed by atoms with Crippen molar-refractivity contribution < 1.29 is 4.79 Å². The van der Waals surface area contributed by atoms with E-state index in [1.807, 2.05) is 0 Å². The third-order valence-corrected chi connectivity index (χ3v) is 4.20. The molecule has 21 heavy (non-hydrogen) atoms. The molecule has 1 aliphatic carbocycles. The van der Waals surface area contributed by atoms with Crippen LogP contribution in [0.15, 0.2) is 30.4 Å². The predicted octanol–water partition coefficient (Wildman–Crippen LogP) is 5.23. The Kier molecular flexibility index (Phi) is 5.22. The monoisotopic (exact) mass is 285 g/mol. The van der Waals surface area contributed by atoms with Gasteiger partial charge in [-0.1, -0.05) is 58.0 Å². The molecular formula is C19H27NO. The molecule has 0 heterocycles. The largest absolute Gasteiger partial charge is 0.326 e. The van der Waals surface area contributed by atoms with Crippen molar-refractivity contribution in [2.24, 2.45) is 5.92 Å². The Hall–Kier alpha value is -1.57. The number of nitrogens with one attached hydrogen (secondary N) is 1. The third-order valence-electron chi connectivity index (χ3n) is 4.20. The number of hydrogen-bond donors (Lipinski definition) is 1. The van der Waals surface area contributed by atoms with E-state index in [1.54, 1.807) is 0 Å². The fourth-order valence-electron chi connectivity index (χ4n) is 2.99. The zero-order valence-electron chi connectivity index (χ0n) is 13.6. The van der Waals surface area contributed by atoms with Gasteiger partial charge in [0.15, 0.2) is 0 Å². The first-order chi connectivity index (χ1) is 9.99. The highest BCUT2D eigenvalue weighted by Crippen LogP contribution is 2.33. The number of allylic oxidation sites excluding steroid dienone is 2. The van der Waals surface area contributed by atoms with Crippen molar-refractivity contribution in [1.82, 2.24) is 0 Å². The average Bonchev–Trinajstić information content (AvgIpc) is 2.91. The molecule has 1 aromatic carbocycles. The first-order valence-corrected chi connectivity index (χ1v) is 8.08. The lowest BCUT2D eigenvalue weighted by Gasteiger charge is -2.20. The minimum Gasteiger partial charge on any atom is -0.326 e. The maximum absolute atomic E-state index is 12.4. The van der Waals surface area contributed by atoms with E-state index in [4.69, 9.17) is 0 Å². The topological polar surface area (TPSA) is 29.1 Å². The molecule has 2 nitrogen and oxygen atoms in total. The number of rotatable bonds is 5. The lowest BCUT2D eigenvalue weighted by atomic mass is 9.92. The van der Waals surface area contributed by atoms with Gasteiger partial charge in [-0.05, 0) is 41.7 Å². The third kappa shape index (κ3) is 3.96. The van der Waals surface area contributed by atoms with E-state index < -0.39 is 0 Å². The molecule has 2 heteroatoms. The zero-order chi connectivity index (χ0) is 15.4. The standard InChI is InChI=1S/C19H27NO/c1-13(2)16-10-7-11-17(14(3)4)19(16)20-18(21)12-15-8-5-6-9-15/h5,7-8,10-11,13-15H,6,9,12H2,1-4H3,(H,20,21)/t15-/m0/s1. The van der Waals surface area contributed by atoms with Gasteiger partial charge in [0.1, 0.15) is 0 Å². The van der Waals surface area contributed by atoms with E-state index in [-0.39, 0.29) is 5.91 Å². The molecule has 0 saturated heterocycles. The highest BCUT2D eigenvalue weighted by molar-refractivity contribution is 5.93. The maximum Gasteiger partial charge on any atom is 0.224 e. The molecular weight excluding hydrogens is 258 g/mol. The maximum atomic E-state index is 12.4. The summed E-state index contributed by atoms with van der Waals surface area (Å²) in [6.07, 6.45) is 7.17. The van der Waals surface area contributed by atoms with E-state index in [9.17, 15) is 4.79 Å². The highest BCUT2D eigenvalue weighted by Gasteiger charge is 2.18. The Morgan fingerprint density at radius 1 is 1.19 bits per heavy atom. The van der Waals surface area contributed by atoms with Crippen LogP contribution in [0, 0.1) is 5.92 Å². The van der Waals surface area contributed by atoms with Gasteiger partial charge >= 0.3 is 0 Å². The lowest BCUT2D eigenvalue weighted by Crippen LogP contribution is -2.18. The van der Waals surface area contributed by atoms with Crippen molar-refractivity contribution in [3.8, 4) is 0 Å².